The topological polar surface area (TPSA) is 41.5 Å². The van der Waals surface area contributed by atoms with Gasteiger partial charge in [0, 0.05) is 24.4 Å². The number of hydrogen-bond donors (Lipinski definition) is 1. The summed E-state index contributed by atoms with van der Waals surface area (Å²) >= 11 is 0. The molecule has 3 nitrogen and oxygen atoms in total. The second kappa shape index (κ2) is 26.0. The number of halogens is 1. The number of amides is 1. The predicted octanol–water partition coefficient (Wildman–Crippen LogP) is 10.7. The van der Waals surface area contributed by atoms with E-state index < -0.39 is 0 Å². The Morgan fingerprint density at radius 3 is 2.00 bits per heavy atom. The molecule has 2 aromatic carbocycles. The van der Waals surface area contributed by atoms with E-state index in [0.29, 0.717) is 6.54 Å². The SMILES string of the molecule is C#C.C/C=C1\CC=CN=C1C.C=C(C)C.CCCC(CCC)C(=O)NCc1ccc(F)cc1C.CCc1ccccc1C. The number of allylic oxidation sites excluding steroid dienone is 4. The molecule has 0 saturated heterocycles. The van der Waals surface area contributed by atoms with Crippen molar-refractivity contribution in [2.45, 2.75) is 107 Å². The van der Waals surface area contributed by atoms with Gasteiger partial charge in [-0.25, -0.2) is 4.39 Å². The van der Waals surface area contributed by atoms with Gasteiger partial charge in [0.25, 0.3) is 0 Å². The van der Waals surface area contributed by atoms with Gasteiger partial charge in [-0.2, -0.15) is 0 Å². The van der Waals surface area contributed by atoms with Crippen molar-refractivity contribution in [3.8, 4) is 12.8 Å². The van der Waals surface area contributed by atoms with Crippen molar-refractivity contribution in [3.05, 3.63) is 107 Å². The summed E-state index contributed by atoms with van der Waals surface area (Å²) in [5, 5.41) is 2.97. The molecule has 2 aromatic rings. The van der Waals surface area contributed by atoms with Crippen LogP contribution in [0.2, 0.25) is 0 Å². The number of benzene rings is 2. The first-order valence-corrected chi connectivity index (χ1v) is 15.4. The van der Waals surface area contributed by atoms with Gasteiger partial charge in [-0.05, 0) is 107 Å². The molecule has 0 unspecified atom stereocenters. The number of carbonyl (C=O) groups is 1. The predicted molar refractivity (Wildman–Crippen MR) is 188 cm³/mol. The van der Waals surface area contributed by atoms with E-state index in [2.05, 4.69) is 93.8 Å². The maximum Gasteiger partial charge on any atom is 0.223 e. The Morgan fingerprint density at radius 2 is 1.58 bits per heavy atom. The standard InChI is InChI=1S/C16H24FNO.C9H12.C8H11N.C4H8.C2H2/c1-4-6-13(7-5-2)16(19)18-11-14-8-9-15(17)10-12(14)3;1-3-9-7-5-4-6-8(9)2;1-3-8-5-4-6-9-7(8)2;1-4(2)3;1-2/h8-10,13H,4-7,11H2,1-3H3,(H,18,19);4-7H,3H2,1-2H3;3-4,6H,5H2,1-2H3;1H2,2-3H3;1-2H/b;;8-3+;;. The second-order valence-electron chi connectivity index (χ2n) is 10.7. The summed E-state index contributed by atoms with van der Waals surface area (Å²) in [7, 11) is 0. The van der Waals surface area contributed by atoms with E-state index in [4.69, 9.17) is 0 Å². The third kappa shape index (κ3) is 19.9. The Bertz CT molecular complexity index is 1180. The third-order valence-electron chi connectivity index (χ3n) is 6.57. The van der Waals surface area contributed by atoms with Gasteiger partial charge >= 0.3 is 0 Å². The van der Waals surface area contributed by atoms with Crippen LogP contribution in [0.4, 0.5) is 4.39 Å². The highest BCUT2D eigenvalue weighted by molar-refractivity contribution is 5.99. The molecule has 0 aromatic heterocycles. The lowest BCUT2D eigenvalue weighted by Gasteiger charge is -2.16. The molecule has 0 radical (unpaired) electrons. The van der Waals surface area contributed by atoms with Crippen molar-refractivity contribution < 1.29 is 9.18 Å². The minimum atomic E-state index is -0.234. The molecule has 0 aliphatic carbocycles. The fourth-order valence-electron chi connectivity index (χ4n) is 4.20. The summed E-state index contributed by atoms with van der Waals surface area (Å²) in [4.78, 5) is 16.2. The molecule has 0 spiro atoms. The summed E-state index contributed by atoms with van der Waals surface area (Å²) in [6, 6.07) is 13.2. The van der Waals surface area contributed by atoms with Crippen LogP contribution in [0.3, 0.4) is 0 Å². The number of aryl methyl sites for hydroxylation is 3. The molecule has 43 heavy (non-hydrogen) atoms. The van der Waals surface area contributed by atoms with Crippen molar-refractivity contribution in [2.75, 3.05) is 0 Å². The maximum atomic E-state index is 13.0. The van der Waals surface area contributed by atoms with Crippen LogP contribution in [0.15, 0.2) is 83.5 Å². The first-order valence-electron chi connectivity index (χ1n) is 15.4. The lowest BCUT2D eigenvalue weighted by atomic mass is 9.97. The third-order valence-corrected chi connectivity index (χ3v) is 6.57. The summed E-state index contributed by atoms with van der Waals surface area (Å²) in [5.74, 6) is -0.00871. The maximum absolute atomic E-state index is 13.0. The number of nitrogens with one attached hydrogen (secondary N) is 1. The number of nitrogens with zero attached hydrogens (tertiary/aromatic N) is 1. The van der Waals surface area contributed by atoms with Crippen molar-refractivity contribution in [2.24, 2.45) is 10.9 Å². The van der Waals surface area contributed by atoms with Crippen LogP contribution in [0.25, 0.3) is 0 Å². The molecule has 0 saturated carbocycles. The van der Waals surface area contributed by atoms with Crippen molar-refractivity contribution >= 4 is 11.6 Å². The Balaban J connectivity index is 0. The van der Waals surface area contributed by atoms with Gasteiger partial charge in [0.15, 0.2) is 0 Å². The molecule has 0 fully saturated rings. The Hall–Kier alpha value is -3.71. The normalized spacial score (nSPS) is 12.1. The summed E-state index contributed by atoms with van der Waals surface area (Å²) in [6.07, 6.45) is 20.1. The average molecular weight is 589 g/mol. The summed E-state index contributed by atoms with van der Waals surface area (Å²) < 4.78 is 13.0. The highest BCUT2D eigenvalue weighted by Crippen LogP contribution is 2.15. The number of aliphatic imine (C=N–C) groups is 1. The minimum absolute atomic E-state index is 0.107. The van der Waals surface area contributed by atoms with Gasteiger partial charge in [0.2, 0.25) is 5.91 Å². The van der Waals surface area contributed by atoms with E-state index in [1.807, 2.05) is 40.8 Å². The molecular formula is C39H57FN2O. The molecule has 3 rings (SSSR count). The summed E-state index contributed by atoms with van der Waals surface area (Å²) in [6.45, 7) is 22.5. The molecule has 236 valence electrons. The number of carbonyl (C=O) groups excluding carboxylic acids is 1. The molecule has 1 N–H and O–H groups in total. The Morgan fingerprint density at radius 1 is 1.00 bits per heavy atom. The van der Waals surface area contributed by atoms with E-state index in [9.17, 15) is 9.18 Å². The molecular weight excluding hydrogens is 531 g/mol. The van der Waals surface area contributed by atoms with Gasteiger partial charge in [-0.3, -0.25) is 9.79 Å². The van der Waals surface area contributed by atoms with Crippen LogP contribution in [-0.2, 0) is 17.8 Å². The van der Waals surface area contributed by atoms with E-state index in [0.717, 1.165) is 55.4 Å². The average Bonchev–Trinajstić information content (AvgIpc) is 2.98. The van der Waals surface area contributed by atoms with Gasteiger partial charge < -0.3 is 5.32 Å². The smallest absolute Gasteiger partial charge is 0.223 e. The van der Waals surface area contributed by atoms with Crippen molar-refractivity contribution in [1.29, 1.82) is 0 Å². The summed E-state index contributed by atoms with van der Waals surface area (Å²) in [5.41, 5.74) is 8.37. The fourth-order valence-corrected chi connectivity index (χ4v) is 4.20. The number of hydrogen-bond acceptors (Lipinski definition) is 2. The molecule has 1 aliphatic rings. The highest BCUT2D eigenvalue weighted by Gasteiger charge is 2.16. The number of terminal acetylenes is 1. The lowest BCUT2D eigenvalue weighted by Crippen LogP contribution is -2.30. The van der Waals surface area contributed by atoms with Crippen LogP contribution in [0.5, 0.6) is 0 Å². The van der Waals surface area contributed by atoms with E-state index in [1.54, 1.807) is 6.07 Å². The zero-order chi connectivity index (χ0) is 33.2. The Kier molecular flexibility index (Phi) is 25.0. The van der Waals surface area contributed by atoms with Crippen LogP contribution in [0.1, 0.15) is 103 Å². The quantitative estimate of drug-likeness (QED) is 0.242. The second-order valence-corrected chi connectivity index (χ2v) is 10.7. The molecule has 0 bridgehead atoms. The largest absolute Gasteiger partial charge is 0.352 e. The van der Waals surface area contributed by atoms with Crippen molar-refractivity contribution in [1.82, 2.24) is 5.32 Å². The zero-order valence-corrected chi connectivity index (χ0v) is 28.4. The highest BCUT2D eigenvalue weighted by atomic mass is 19.1. The van der Waals surface area contributed by atoms with Gasteiger partial charge in [-0.15, -0.1) is 19.4 Å². The van der Waals surface area contributed by atoms with Gasteiger partial charge in [0.1, 0.15) is 5.82 Å². The van der Waals surface area contributed by atoms with Crippen LogP contribution >= 0.6 is 0 Å². The van der Waals surface area contributed by atoms with E-state index in [1.165, 1.54) is 34.4 Å². The molecule has 0 atom stereocenters. The zero-order valence-electron chi connectivity index (χ0n) is 28.4. The first-order chi connectivity index (χ1) is 20.5. The van der Waals surface area contributed by atoms with Crippen LogP contribution < -0.4 is 5.32 Å². The Labute approximate surface area is 263 Å². The molecule has 4 heteroatoms. The molecule has 1 amide bonds. The fraction of sp³-hybridized carbons (Fsp3) is 0.436. The van der Waals surface area contributed by atoms with E-state index in [-0.39, 0.29) is 17.6 Å². The monoisotopic (exact) mass is 588 g/mol. The van der Waals surface area contributed by atoms with Crippen LogP contribution in [0, 0.1) is 38.4 Å². The first kappa shape index (κ1) is 41.4. The van der Waals surface area contributed by atoms with Gasteiger partial charge in [-0.1, -0.05) is 81.7 Å². The molecule has 1 aliphatic heterocycles. The van der Waals surface area contributed by atoms with E-state index >= 15 is 0 Å². The van der Waals surface area contributed by atoms with Crippen molar-refractivity contribution in [3.63, 3.8) is 0 Å². The van der Waals surface area contributed by atoms with Gasteiger partial charge in [0.05, 0.1) is 0 Å². The number of rotatable bonds is 8. The van der Waals surface area contributed by atoms with Crippen LogP contribution in [-0.4, -0.2) is 11.6 Å². The molecule has 1 heterocycles. The minimum Gasteiger partial charge on any atom is -0.352 e. The lowest BCUT2D eigenvalue weighted by molar-refractivity contribution is -0.125.